The molecule has 348 valence electrons. The molecular formula is C44H48B2N4Na2O16. The first-order valence-electron chi connectivity index (χ1n) is 21.8. The molecule has 8 N–H and O–H groups in total. The number of likely N-dealkylation sites (tertiary alicyclic amines) is 2. The van der Waals surface area contributed by atoms with E-state index in [9.17, 15) is 69.3 Å². The first-order valence-corrected chi connectivity index (χ1v) is 21.8. The predicted octanol–water partition coefficient (Wildman–Crippen LogP) is -5.53. The van der Waals surface area contributed by atoms with Crippen LogP contribution in [0, 0.1) is 13.8 Å². The van der Waals surface area contributed by atoms with Gasteiger partial charge in [-0.15, -0.1) is 11.6 Å². The first kappa shape index (κ1) is 51.2. The molecule has 20 nitrogen and oxygen atoms in total. The minimum atomic E-state index is -2.63. The summed E-state index contributed by atoms with van der Waals surface area (Å²) in [5.41, 5.74) is 2.02. The third-order valence-electron chi connectivity index (χ3n) is 14.3. The first-order chi connectivity index (χ1) is 31.1. The van der Waals surface area contributed by atoms with Gasteiger partial charge in [0.05, 0.1) is 37.6 Å². The molecule has 0 unspecified atom stereocenters. The summed E-state index contributed by atoms with van der Waals surface area (Å²) in [5, 5.41) is 80.5. The van der Waals surface area contributed by atoms with Gasteiger partial charge in [-0.05, 0) is 48.9 Å². The van der Waals surface area contributed by atoms with E-state index in [4.69, 9.17) is 9.47 Å². The van der Waals surface area contributed by atoms with Crippen molar-refractivity contribution < 1.29 is 128 Å². The number of aromatic nitrogens is 2. The maximum absolute atomic E-state index is 12.6. The van der Waals surface area contributed by atoms with Crippen LogP contribution in [0.2, 0.25) is 11.6 Å². The van der Waals surface area contributed by atoms with E-state index >= 15 is 0 Å². The number of carboxylic acids is 2. The largest absolute Gasteiger partial charge is 1.00 e. The molecule has 4 aromatic rings. The van der Waals surface area contributed by atoms with Crippen molar-refractivity contribution in [3.05, 3.63) is 114 Å². The van der Waals surface area contributed by atoms with Gasteiger partial charge in [-0.3, -0.25) is 19.2 Å². The summed E-state index contributed by atoms with van der Waals surface area (Å²) < 4.78 is 14.8. The second-order valence-corrected chi connectivity index (χ2v) is 18.6. The number of hydrogen-bond acceptors (Lipinski definition) is 14. The summed E-state index contributed by atoms with van der Waals surface area (Å²) in [5.74, 6) is -3.74. The molecule has 6 aliphatic rings. The Bertz CT molecular complexity index is 2670. The van der Waals surface area contributed by atoms with Gasteiger partial charge in [0, 0.05) is 24.5 Å². The number of aromatic hydroxyl groups is 2. The van der Waals surface area contributed by atoms with Gasteiger partial charge in [0.2, 0.25) is 35.8 Å². The molecule has 0 radical (unpaired) electrons. The van der Waals surface area contributed by atoms with Crippen molar-refractivity contribution >= 4 is 36.9 Å². The zero-order valence-electron chi connectivity index (χ0n) is 37.9. The van der Waals surface area contributed by atoms with Gasteiger partial charge in [-0.2, -0.15) is 0 Å². The quantitative estimate of drug-likeness (QED) is 0.0688. The zero-order chi connectivity index (χ0) is 47.3. The van der Waals surface area contributed by atoms with Crippen LogP contribution in [0.15, 0.2) is 58.4 Å². The Hall–Kier alpha value is -4.61. The number of hydrogen-bond donors (Lipinski definition) is 8. The van der Waals surface area contributed by atoms with Crippen molar-refractivity contribution in [1.29, 1.82) is 0 Å². The van der Waals surface area contributed by atoms with Gasteiger partial charge >= 0.3 is 71.1 Å². The molecule has 2 aliphatic carbocycles. The second kappa shape index (κ2) is 19.0. The Kier molecular flexibility index (Phi) is 14.3. The molecule has 2 saturated heterocycles. The maximum atomic E-state index is 12.6. The molecule has 2 aromatic carbocycles. The van der Waals surface area contributed by atoms with E-state index in [0.717, 1.165) is 11.1 Å². The summed E-state index contributed by atoms with van der Waals surface area (Å²) in [4.78, 5) is 75.2. The van der Waals surface area contributed by atoms with Gasteiger partial charge in [0.1, 0.15) is 47.9 Å². The van der Waals surface area contributed by atoms with Crippen molar-refractivity contribution in [1.82, 2.24) is 18.9 Å². The molecule has 2 saturated carbocycles. The summed E-state index contributed by atoms with van der Waals surface area (Å²) in [6, 6.07) is 9.23. The van der Waals surface area contributed by atoms with Crippen molar-refractivity contribution in [2.75, 3.05) is 26.2 Å². The minimum absolute atomic E-state index is 0. The van der Waals surface area contributed by atoms with Gasteiger partial charge in [-0.1, -0.05) is 48.7 Å². The number of carbonyl (C=O) groups is 4. The molecule has 0 spiro atoms. The Balaban J connectivity index is 0.000000196. The monoisotopic (exact) mass is 956 g/mol. The van der Waals surface area contributed by atoms with Crippen LogP contribution in [-0.4, -0.2) is 135 Å². The molecule has 0 bridgehead atoms. The third-order valence-corrected chi connectivity index (χ3v) is 14.3. The summed E-state index contributed by atoms with van der Waals surface area (Å²) >= 11 is 0. The normalized spacial score (nSPS) is 22.0. The number of benzene rings is 2. The van der Waals surface area contributed by atoms with E-state index in [0.29, 0.717) is 35.4 Å². The van der Waals surface area contributed by atoms with Crippen LogP contribution in [0.4, 0.5) is 0 Å². The van der Waals surface area contributed by atoms with Crippen molar-refractivity contribution in [2.45, 2.75) is 88.1 Å². The number of amides is 2. The van der Waals surface area contributed by atoms with Crippen molar-refractivity contribution in [2.24, 2.45) is 0 Å². The average Bonchev–Trinajstić information content (AvgIpc) is 4.15. The Morgan fingerprint density at radius 3 is 1.29 bits per heavy atom. The Morgan fingerprint density at radius 2 is 0.956 bits per heavy atom. The summed E-state index contributed by atoms with van der Waals surface area (Å²) in [6.07, 6.45) is 3.19. The second-order valence-electron chi connectivity index (χ2n) is 18.6. The fourth-order valence-corrected chi connectivity index (χ4v) is 10.3. The number of carboxylic acid groups (broad SMARTS) is 2. The number of pyridine rings is 2. The Morgan fingerprint density at radius 1 is 0.603 bits per heavy atom. The molecule has 24 heteroatoms. The molecule has 6 heterocycles. The molecule has 10 rings (SSSR count). The minimum Gasteiger partial charge on any atom is -0.583 e. The topological polar surface area (TPSA) is 299 Å². The van der Waals surface area contributed by atoms with E-state index in [1.807, 2.05) is 0 Å². The van der Waals surface area contributed by atoms with Crippen molar-refractivity contribution in [3.63, 3.8) is 0 Å². The van der Waals surface area contributed by atoms with Crippen LogP contribution in [0.1, 0.15) is 79.0 Å². The SMILES string of the molecule is Cc1c(O)c(=O)ccn1CC(=O)N1CC(Oc2ccc3c(c2C(=O)O)C[B-](O)(O)[C@@H]2C[C@H]32)C1.Cc1c(O)c(=O)ccn1CC(=O)N1CC(Oc2ccc3c(c2C(=O)O)C[B-](O)(O)[C@@H]2C[C@H]32)C1.[Na+].[Na+]. The standard InChI is InChI=1S/2C22H24BN2O8.2Na/c2*1-11-21(28)17(26)4-5-24(11)10-19(27)25-8-12(9-25)33-18-3-2-13-14-6-16(14)23(31,32)7-15(13)20(18)22(29)30;;/h2*2-5,12,14,16,28,31-32H,6-10H2,1H3,(H,29,30);;/q2*-1;2*+1/t2*14-,16-;;/m11../s1. The molecule has 2 amide bonds. The number of ether oxygens (including phenoxy) is 2. The maximum Gasteiger partial charge on any atom is 1.00 e. The van der Waals surface area contributed by atoms with Gasteiger partial charge < -0.3 is 68.9 Å². The van der Waals surface area contributed by atoms with E-state index in [1.54, 1.807) is 47.9 Å². The third kappa shape index (κ3) is 9.52. The van der Waals surface area contributed by atoms with Crippen LogP contribution in [-0.2, 0) is 35.3 Å². The van der Waals surface area contributed by atoms with Crippen molar-refractivity contribution in [3.8, 4) is 23.0 Å². The number of fused-ring (bicyclic) bond motifs is 6. The van der Waals surface area contributed by atoms with E-state index in [-0.39, 0.29) is 169 Å². The van der Waals surface area contributed by atoms with Gasteiger partial charge in [0.15, 0.2) is 11.5 Å². The van der Waals surface area contributed by atoms with Crippen LogP contribution in [0.25, 0.3) is 0 Å². The summed E-state index contributed by atoms with van der Waals surface area (Å²) in [7, 11) is 0. The van der Waals surface area contributed by atoms with Gasteiger partial charge in [0.25, 0.3) is 0 Å². The Labute approximate surface area is 432 Å². The smallest absolute Gasteiger partial charge is 0.583 e. The fourth-order valence-electron chi connectivity index (χ4n) is 10.3. The molecule has 4 aliphatic heterocycles. The predicted molar refractivity (Wildman–Crippen MR) is 233 cm³/mol. The number of nitrogens with zero attached hydrogens (tertiary/aromatic N) is 4. The number of rotatable bonds is 10. The summed E-state index contributed by atoms with van der Waals surface area (Å²) in [6.45, 7) is -1.21. The molecule has 68 heavy (non-hydrogen) atoms. The average molecular weight is 956 g/mol. The number of aromatic carboxylic acids is 2. The zero-order valence-corrected chi connectivity index (χ0v) is 41.9. The van der Waals surface area contributed by atoms with E-state index in [1.165, 1.54) is 33.7 Å². The van der Waals surface area contributed by atoms with E-state index in [2.05, 4.69) is 0 Å². The van der Waals surface area contributed by atoms with Crippen LogP contribution >= 0.6 is 0 Å². The molecule has 4 fully saturated rings. The van der Waals surface area contributed by atoms with E-state index < -0.39 is 59.6 Å². The van der Waals surface area contributed by atoms with Gasteiger partial charge in [-0.25, -0.2) is 9.59 Å². The molecule has 4 atom stereocenters. The fraction of sp³-hybridized carbons (Fsp3) is 0.409. The number of carbonyl (C=O) groups excluding carboxylic acids is 2. The van der Waals surface area contributed by atoms with Crippen LogP contribution in [0.5, 0.6) is 23.0 Å². The van der Waals surface area contributed by atoms with Crippen LogP contribution in [0.3, 0.4) is 0 Å². The van der Waals surface area contributed by atoms with Crippen LogP contribution < -0.4 is 79.4 Å². The molecule has 2 aromatic heterocycles. The molecular weight excluding hydrogens is 908 g/mol.